The molecule has 0 bridgehead atoms. The molecule has 1 atom stereocenters. The lowest BCUT2D eigenvalue weighted by atomic mass is 9.95. The van der Waals surface area contributed by atoms with E-state index in [9.17, 15) is 18.0 Å². The molecule has 1 unspecified atom stereocenters. The summed E-state index contributed by atoms with van der Waals surface area (Å²) in [6.07, 6.45) is 0.845. The zero-order chi connectivity index (χ0) is 22.6. The fourth-order valence-corrected chi connectivity index (χ4v) is 5.89. The average molecular weight is 469 g/mol. The number of hydrogen-bond donors (Lipinski definition) is 1. The highest BCUT2D eigenvalue weighted by atomic mass is 32.2. The summed E-state index contributed by atoms with van der Waals surface area (Å²) in [5, 5.41) is 4.83. The second-order valence-corrected chi connectivity index (χ2v) is 10.6. The number of piperidine rings is 1. The largest absolute Gasteiger partial charge is 0.460 e. The van der Waals surface area contributed by atoms with Gasteiger partial charge < -0.3 is 14.5 Å². The van der Waals surface area contributed by atoms with Crippen LogP contribution in [0.1, 0.15) is 55.1 Å². The van der Waals surface area contributed by atoms with E-state index in [0.29, 0.717) is 12.8 Å². The van der Waals surface area contributed by atoms with E-state index < -0.39 is 16.0 Å². The van der Waals surface area contributed by atoms with E-state index in [1.54, 1.807) is 18.3 Å². The smallest absolute Gasteiger partial charge is 0.374 e. The second kappa shape index (κ2) is 9.97. The van der Waals surface area contributed by atoms with Crippen molar-refractivity contribution in [2.24, 2.45) is 11.8 Å². The summed E-state index contributed by atoms with van der Waals surface area (Å²) in [4.78, 5) is 25.7. The van der Waals surface area contributed by atoms with Gasteiger partial charge in [-0.05, 0) is 49.3 Å². The van der Waals surface area contributed by atoms with E-state index in [0.717, 1.165) is 4.88 Å². The van der Waals surface area contributed by atoms with Crippen LogP contribution in [0.3, 0.4) is 0 Å². The third-order valence-corrected chi connectivity index (χ3v) is 8.02. The molecule has 1 fully saturated rings. The molecule has 0 aliphatic carbocycles. The number of rotatable bonds is 8. The average Bonchev–Trinajstić information content (AvgIpc) is 3.44. The normalized spacial score (nSPS) is 16.9. The number of thiophene rings is 1. The van der Waals surface area contributed by atoms with Crippen LogP contribution in [0.2, 0.25) is 0 Å². The number of furan rings is 1. The minimum atomic E-state index is -3.88. The molecule has 8 nitrogen and oxygen atoms in total. The topological polar surface area (TPSA) is 106 Å². The maximum Gasteiger partial charge on any atom is 0.374 e. The van der Waals surface area contributed by atoms with Crippen LogP contribution in [-0.2, 0) is 19.6 Å². The van der Waals surface area contributed by atoms with E-state index >= 15 is 0 Å². The molecular weight excluding hydrogens is 440 g/mol. The standard InChI is InChI=1S/C21H28N2O6S2/c1-4-28-21(25)16-7-8-18(29-16)31(26,27)23-11-9-15(10-12-23)20(24)22-19(14(2)3)17-6-5-13-30-17/h5-8,13-15,19H,4,9-12H2,1-3H3,(H,22,24). The fraction of sp³-hybridized carbons (Fsp3) is 0.524. The van der Waals surface area contributed by atoms with Crippen molar-refractivity contribution in [1.82, 2.24) is 9.62 Å². The first-order valence-corrected chi connectivity index (χ1v) is 12.7. The molecule has 3 heterocycles. The predicted octanol–water partition coefficient (Wildman–Crippen LogP) is 3.43. The van der Waals surface area contributed by atoms with Crippen LogP contribution in [0.15, 0.2) is 39.2 Å². The van der Waals surface area contributed by atoms with Crippen molar-refractivity contribution < 1.29 is 27.2 Å². The highest BCUT2D eigenvalue weighted by molar-refractivity contribution is 7.89. The molecule has 2 aromatic heterocycles. The van der Waals surface area contributed by atoms with Crippen LogP contribution in [-0.4, -0.2) is 44.3 Å². The van der Waals surface area contributed by atoms with E-state index in [1.807, 2.05) is 17.5 Å². The Morgan fingerprint density at radius 2 is 1.97 bits per heavy atom. The van der Waals surface area contributed by atoms with Crippen molar-refractivity contribution in [3.63, 3.8) is 0 Å². The van der Waals surface area contributed by atoms with Crippen LogP contribution in [0, 0.1) is 11.8 Å². The lowest BCUT2D eigenvalue weighted by Crippen LogP contribution is -2.44. The first-order chi connectivity index (χ1) is 14.7. The summed E-state index contributed by atoms with van der Waals surface area (Å²) in [6.45, 7) is 6.37. The van der Waals surface area contributed by atoms with Crippen molar-refractivity contribution in [3.05, 3.63) is 40.3 Å². The zero-order valence-corrected chi connectivity index (χ0v) is 19.5. The van der Waals surface area contributed by atoms with Gasteiger partial charge in [-0.1, -0.05) is 19.9 Å². The SMILES string of the molecule is CCOC(=O)c1ccc(S(=O)(=O)N2CCC(C(=O)NC(c3cccs3)C(C)C)CC2)o1. The molecule has 1 aliphatic heterocycles. The van der Waals surface area contributed by atoms with Crippen LogP contribution < -0.4 is 5.32 Å². The van der Waals surface area contributed by atoms with Gasteiger partial charge in [-0.3, -0.25) is 4.79 Å². The Morgan fingerprint density at radius 3 is 2.55 bits per heavy atom. The number of carbonyl (C=O) groups excluding carboxylic acids is 2. The Kier molecular flexibility index (Phi) is 7.55. The van der Waals surface area contributed by atoms with E-state index in [-0.39, 0.29) is 54.3 Å². The summed E-state index contributed by atoms with van der Waals surface area (Å²) in [6, 6.07) is 6.47. The Balaban J connectivity index is 1.60. The summed E-state index contributed by atoms with van der Waals surface area (Å²) in [5.41, 5.74) is 0. The first kappa shape index (κ1) is 23.5. The Bertz CT molecular complexity index is 989. The Hall–Kier alpha value is -2.17. The molecule has 31 heavy (non-hydrogen) atoms. The van der Waals surface area contributed by atoms with Crippen LogP contribution in [0.25, 0.3) is 0 Å². The molecule has 10 heteroatoms. The molecular formula is C21H28N2O6S2. The summed E-state index contributed by atoms with van der Waals surface area (Å²) >= 11 is 1.61. The third-order valence-electron chi connectivity index (χ3n) is 5.29. The number of ether oxygens (including phenoxy) is 1. The maximum atomic E-state index is 12.9. The van der Waals surface area contributed by atoms with Gasteiger partial charge in [0.2, 0.25) is 16.8 Å². The number of carbonyl (C=O) groups is 2. The van der Waals surface area contributed by atoms with Gasteiger partial charge in [0.15, 0.2) is 0 Å². The van der Waals surface area contributed by atoms with Crippen molar-refractivity contribution >= 4 is 33.2 Å². The zero-order valence-electron chi connectivity index (χ0n) is 17.9. The molecule has 0 saturated carbocycles. The maximum absolute atomic E-state index is 12.9. The van der Waals surface area contributed by atoms with Gasteiger partial charge in [0.05, 0.1) is 12.6 Å². The number of esters is 1. The molecule has 170 valence electrons. The lowest BCUT2D eigenvalue weighted by Gasteiger charge is -2.31. The molecule has 3 rings (SSSR count). The summed E-state index contributed by atoms with van der Waals surface area (Å²) < 4.78 is 37.1. The van der Waals surface area contributed by atoms with Gasteiger partial charge in [0.1, 0.15) is 0 Å². The van der Waals surface area contributed by atoms with Crippen molar-refractivity contribution in [3.8, 4) is 0 Å². The number of nitrogens with zero attached hydrogens (tertiary/aromatic N) is 1. The second-order valence-electron chi connectivity index (χ2n) is 7.76. The van der Waals surface area contributed by atoms with E-state index in [1.165, 1.54) is 16.4 Å². The molecule has 1 aliphatic rings. The van der Waals surface area contributed by atoms with Gasteiger partial charge in [0, 0.05) is 23.9 Å². The van der Waals surface area contributed by atoms with Crippen LogP contribution in [0.4, 0.5) is 0 Å². The van der Waals surface area contributed by atoms with Gasteiger partial charge in [-0.2, -0.15) is 4.31 Å². The van der Waals surface area contributed by atoms with Gasteiger partial charge in [-0.25, -0.2) is 13.2 Å². The van der Waals surface area contributed by atoms with Gasteiger partial charge in [-0.15, -0.1) is 11.3 Å². The quantitative estimate of drug-likeness (QED) is 0.595. The number of sulfonamides is 1. The highest BCUT2D eigenvalue weighted by Gasteiger charge is 2.35. The molecule has 0 aromatic carbocycles. The van der Waals surface area contributed by atoms with Crippen LogP contribution in [0.5, 0.6) is 0 Å². The van der Waals surface area contributed by atoms with E-state index in [4.69, 9.17) is 9.15 Å². The summed E-state index contributed by atoms with van der Waals surface area (Å²) in [7, 11) is -3.88. The Morgan fingerprint density at radius 1 is 1.26 bits per heavy atom. The third kappa shape index (κ3) is 5.36. The first-order valence-electron chi connectivity index (χ1n) is 10.3. The number of nitrogens with one attached hydrogen (secondary N) is 1. The van der Waals surface area contributed by atoms with Crippen molar-refractivity contribution in [1.29, 1.82) is 0 Å². The molecule has 1 N–H and O–H groups in total. The molecule has 1 saturated heterocycles. The van der Waals surface area contributed by atoms with Gasteiger partial charge >= 0.3 is 5.97 Å². The Labute approximate surface area is 186 Å². The minimum absolute atomic E-state index is 0.0493. The molecule has 1 amide bonds. The predicted molar refractivity (Wildman–Crippen MR) is 116 cm³/mol. The fourth-order valence-electron chi connectivity index (χ4n) is 3.56. The highest BCUT2D eigenvalue weighted by Crippen LogP contribution is 2.29. The van der Waals surface area contributed by atoms with Crippen molar-refractivity contribution in [2.75, 3.05) is 19.7 Å². The molecule has 0 radical (unpaired) electrons. The van der Waals surface area contributed by atoms with Gasteiger partial charge in [0.25, 0.3) is 10.0 Å². The summed E-state index contributed by atoms with van der Waals surface area (Å²) in [5.74, 6) is -0.908. The monoisotopic (exact) mass is 468 g/mol. The molecule has 2 aromatic rings. The van der Waals surface area contributed by atoms with Crippen LogP contribution >= 0.6 is 11.3 Å². The number of hydrogen-bond acceptors (Lipinski definition) is 7. The lowest BCUT2D eigenvalue weighted by molar-refractivity contribution is -0.127. The molecule has 0 spiro atoms. The van der Waals surface area contributed by atoms with Crippen molar-refractivity contribution in [2.45, 2.75) is 44.7 Å². The minimum Gasteiger partial charge on any atom is -0.460 e. The van der Waals surface area contributed by atoms with E-state index in [2.05, 4.69) is 19.2 Å². The number of amides is 1.